The predicted octanol–water partition coefficient (Wildman–Crippen LogP) is 3.51. The number of hydrogen-bond acceptors (Lipinski definition) is 8. The van der Waals surface area contributed by atoms with Crippen molar-refractivity contribution in [1.29, 1.82) is 0 Å². The van der Waals surface area contributed by atoms with Crippen molar-refractivity contribution in [3.05, 3.63) is 58.4 Å². The van der Waals surface area contributed by atoms with E-state index in [1.807, 2.05) is 0 Å². The van der Waals surface area contributed by atoms with Crippen LogP contribution in [0.1, 0.15) is 31.2 Å². The molecule has 2 aromatic carbocycles. The zero-order chi connectivity index (χ0) is 31.1. The van der Waals surface area contributed by atoms with Crippen LogP contribution in [0.5, 0.6) is 17.2 Å². The fourth-order valence-corrected chi connectivity index (χ4v) is 7.75. The Morgan fingerprint density at radius 2 is 1.79 bits per heavy atom. The number of allylic oxidation sites excluding steroid dienone is 2. The summed E-state index contributed by atoms with van der Waals surface area (Å²) in [7, 11) is 2.78. The van der Waals surface area contributed by atoms with Crippen LogP contribution >= 0.6 is 11.6 Å². The Bertz CT molecular complexity index is 1680. The third-order valence-electron chi connectivity index (χ3n) is 9.49. The summed E-state index contributed by atoms with van der Waals surface area (Å²) in [5, 5.41) is 11.1. The number of primary amides is 1. The number of aromatic hydroxyl groups is 1. The Hall–Kier alpha value is -4.45. The molecule has 2 aromatic rings. The van der Waals surface area contributed by atoms with Crippen molar-refractivity contribution in [3.63, 3.8) is 0 Å². The molecule has 2 heterocycles. The van der Waals surface area contributed by atoms with E-state index in [4.69, 9.17) is 26.8 Å². The second-order valence-electron chi connectivity index (χ2n) is 11.4. The van der Waals surface area contributed by atoms with Gasteiger partial charge >= 0.3 is 6.03 Å². The molecule has 2 aliphatic heterocycles. The van der Waals surface area contributed by atoms with E-state index in [-0.39, 0.29) is 46.4 Å². The zero-order valence-corrected chi connectivity index (χ0v) is 24.1. The first-order valence-corrected chi connectivity index (χ1v) is 13.9. The Labute approximate surface area is 250 Å². The summed E-state index contributed by atoms with van der Waals surface area (Å²) >= 11 is 6.01. The third-order valence-corrected chi connectivity index (χ3v) is 9.78. The van der Waals surface area contributed by atoms with Gasteiger partial charge in [-0.05, 0) is 43.9 Å². The number of phenolic OH excluding ortho intramolecular Hbond substituents is 1. The number of amides is 6. The summed E-state index contributed by atoms with van der Waals surface area (Å²) in [5.41, 5.74) is 4.65. The number of benzene rings is 2. The lowest BCUT2D eigenvalue weighted by Gasteiger charge is -2.49. The summed E-state index contributed by atoms with van der Waals surface area (Å²) < 4.78 is 25.0. The number of carbonyl (C=O) groups is 5. The zero-order valence-electron chi connectivity index (χ0n) is 23.3. The highest BCUT2D eigenvalue weighted by Crippen LogP contribution is 2.65. The summed E-state index contributed by atoms with van der Waals surface area (Å²) in [6.45, 7) is 1.61. The van der Waals surface area contributed by atoms with E-state index < -0.39 is 70.5 Å². The SMILES string of the molecule is COc1cc(O)c([C@H]2C3=CC[C@@H]4C(=O)N(C(N)=O)C(=O)[C@@H]4[C@@H]3C[C@H]3C(=O)N(c4ccc(F)c(Cl)c4)C(=O)[C@@]23C)c(OC)c1. The number of ether oxygens (including phenoxy) is 2. The molecule has 43 heavy (non-hydrogen) atoms. The number of urea groups is 1. The van der Waals surface area contributed by atoms with E-state index in [2.05, 4.69) is 0 Å². The quantitative estimate of drug-likeness (QED) is 0.393. The molecule has 0 aromatic heterocycles. The number of hydrogen-bond donors (Lipinski definition) is 2. The molecule has 224 valence electrons. The van der Waals surface area contributed by atoms with Gasteiger partial charge in [0.1, 0.15) is 23.1 Å². The van der Waals surface area contributed by atoms with Gasteiger partial charge in [-0.25, -0.2) is 14.1 Å². The minimum absolute atomic E-state index is 0.0130. The number of nitrogens with two attached hydrogens (primary N) is 1. The van der Waals surface area contributed by atoms with Gasteiger partial charge in [-0.1, -0.05) is 23.3 Å². The van der Waals surface area contributed by atoms with Gasteiger partial charge in [-0.15, -0.1) is 0 Å². The molecular weight excluding hydrogens is 585 g/mol. The van der Waals surface area contributed by atoms with Gasteiger partial charge in [-0.2, -0.15) is 4.90 Å². The van der Waals surface area contributed by atoms with Gasteiger partial charge in [0, 0.05) is 23.6 Å². The summed E-state index contributed by atoms with van der Waals surface area (Å²) in [4.78, 5) is 68.6. The molecule has 3 N–H and O–H groups in total. The second kappa shape index (κ2) is 9.80. The van der Waals surface area contributed by atoms with Crippen LogP contribution < -0.4 is 20.1 Å². The number of carbonyl (C=O) groups excluding carboxylic acids is 5. The predicted molar refractivity (Wildman–Crippen MR) is 149 cm³/mol. The van der Waals surface area contributed by atoms with Gasteiger partial charge in [0.15, 0.2) is 0 Å². The minimum Gasteiger partial charge on any atom is -0.507 e. The number of phenols is 1. The largest absolute Gasteiger partial charge is 0.507 e. The molecule has 1 saturated carbocycles. The summed E-state index contributed by atoms with van der Waals surface area (Å²) in [5.74, 6) is -8.02. The van der Waals surface area contributed by atoms with E-state index in [1.54, 1.807) is 13.0 Å². The molecular formula is C30H27ClFN3O8. The van der Waals surface area contributed by atoms with Crippen molar-refractivity contribution < 1.29 is 42.9 Å². The topological polar surface area (TPSA) is 157 Å². The number of imide groups is 4. The lowest BCUT2D eigenvalue weighted by atomic mass is 9.51. The number of nitrogens with zero attached hydrogens (tertiary/aromatic N) is 2. The molecule has 6 amide bonds. The third kappa shape index (κ3) is 3.81. The maximum absolute atomic E-state index is 14.4. The maximum Gasteiger partial charge on any atom is 0.328 e. The van der Waals surface area contributed by atoms with Crippen molar-refractivity contribution in [2.75, 3.05) is 19.1 Å². The smallest absolute Gasteiger partial charge is 0.328 e. The maximum atomic E-state index is 14.4. The Balaban J connectivity index is 1.58. The van der Waals surface area contributed by atoms with E-state index in [0.29, 0.717) is 10.5 Å². The van der Waals surface area contributed by atoms with Crippen LogP contribution in [-0.4, -0.2) is 53.9 Å². The van der Waals surface area contributed by atoms with Gasteiger partial charge in [0.25, 0.3) is 0 Å². The van der Waals surface area contributed by atoms with Crippen LogP contribution in [0.25, 0.3) is 0 Å². The molecule has 6 atom stereocenters. The minimum atomic E-state index is -1.53. The first-order chi connectivity index (χ1) is 20.4. The number of halogens is 2. The number of rotatable bonds is 4. The normalized spacial score (nSPS) is 29.7. The van der Waals surface area contributed by atoms with Crippen LogP contribution in [0.3, 0.4) is 0 Å². The standard InChI is InChI=1S/C30H27ClFN3O8/c1-30-17(26(38)34(28(30)40)12-4-7-19(32)18(31)8-12)11-16-14(5-6-15-22(16)27(39)35(25(15)37)29(33)41)24(30)23-20(36)9-13(42-2)10-21(23)43-3/h4-5,7-10,15-17,22,24,36H,6,11H2,1-3H3,(H2,33,41)/t15-,16+,17-,22-,24+,30+/m0/s1. The van der Waals surface area contributed by atoms with Crippen LogP contribution in [0.4, 0.5) is 14.9 Å². The van der Waals surface area contributed by atoms with E-state index in [0.717, 1.165) is 11.0 Å². The highest BCUT2D eigenvalue weighted by Gasteiger charge is 2.68. The summed E-state index contributed by atoms with van der Waals surface area (Å²) in [6.07, 6.45) is 1.80. The van der Waals surface area contributed by atoms with E-state index in [1.165, 1.54) is 38.5 Å². The molecule has 0 unspecified atom stereocenters. The first kappa shape index (κ1) is 28.7. The molecule has 2 saturated heterocycles. The fourth-order valence-electron chi connectivity index (χ4n) is 7.57. The van der Waals surface area contributed by atoms with Gasteiger partial charge in [-0.3, -0.25) is 19.2 Å². The molecule has 4 aliphatic rings. The Morgan fingerprint density at radius 1 is 1.07 bits per heavy atom. The first-order valence-electron chi connectivity index (χ1n) is 13.5. The van der Waals surface area contributed by atoms with Crippen molar-refractivity contribution in [2.45, 2.75) is 25.7 Å². The molecule has 2 aliphatic carbocycles. The molecule has 13 heteroatoms. The van der Waals surface area contributed by atoms with Crippen molar-refractivity contribution >= 4 is 46.9 Å². The summed E-state index contributed by atoms with van der Waals surface area (Å²) in [6, 6.07) is 5.19. The molecule has 11 nitrogen and oxygen atoms in total. The highest BCUT2D eigenvalue weighted by molar-refractivity contribution is 6.31. The van der Waals surface area contributed by atoms with Crippen LogP contribution in [-0.2, 0) is 19.2 Å². The van der Waals surface area contributed by atoms with Crippen LogP contribution in [0, 0.1) is 34.9 Å². The lowest BCUT2D eigenvalue weighted by molar-refractivity contribution is -0.136. The lowest BCUT2D eigenvalue weighted by Crippen LogP contribution is -2.49. The number of likely N-dealkylation sites (tertiary alicyclic amines) is 1. The van der Waals surface area contributed by atoms with Crippen molar-refractivity contribution in [1.82, 2.24) is 4.90 Å². The van der Waals surface area contributed by atoms with Crippen LogP contribution in [0.15, 0.2) is 42.0 Å². The Kier molecular flexibility index (Phi) is 6.53. The van der Waals surface area contributed by atoms with E-state index in [9.17, 15) is 33.5 Å². The average molecular weight is 612 g/mol. The molecule has 6 rings (SSSR count). The van der Waals surface area contributed by atoms with E-state index >= 15 is 0 Å². The van der Waals surface area contributed by atoms with Gasteiger partial charge in [0.05, 0.1) is 48.1 Å². The molecule has 0 radical (unpaired) electrons. The van der Waals surface area contributed by atoms with Crippen LogP contribution in [0.2, 0.25) is 5.02 Å². The molecule has 3 fully saturated rings. The average Bonchev–Trinajstić information content (AvgIpc) is 3.34. The number of fused-ring (bicyclic) bond motifs is 4. The van der Waals surface area contributed by atoms with Gasteiger partial charge < -0.3 is 20.3 Å². The second-order valence-corrected chi connectivity index (χ2v) is 11.8. The highest BCUT2D eigenvalue weighted by atomic mass is 35.5. The molecule has 0 bridgehead atoms. The Morgan fingerprint density at radius 3 is 2.42 bits per heavy atom. The molecule has 0 spiro atoms. The van der Waals surface area contributed by atoms with Crippen molar-refractivity contribution in [3.8, 4) is 17.2 Å². The monoisotopic (exact) mass is 611 g/mol. The van der Waals surface area contributed by atoms with Crippen molar-refractivity contribution in [2.24, 2.45) is 34.8 Å². The number of anilines is 1. The number of methoxy groups -OCH3 is 2. The van der Waals surface area contributed by atoms with Gasteiger partial charge in [0.2, 0.25) is 23.6 Å². The fraction of sp³-hybridized carbons (Fsp3) is 0.367.